The lowest BCUT2D eigenvalue weighted by molar-refractivity contribution is 0.508. The molecular formula is C10H7F2N3O. The zero-order chi connectivity index (χ0) is 11.7. The molecule has 0 aliphatic carbocycles. The largest absolute Gasteiger partial charge is 0.383 e. The van der Waals surface area contributed by atoms with Crippen molar-refractivity contribution in [1.82, 2.24) is 9.55 Å². The van der Waals surface area contributed by atoms with Crippen molar-refractivity contribution in [3.05, 3.63) is 52.6 Å². The Labute approximate surface area is 89.0 Å². The number of anilines is 1. The van der Waals surface area contributed by atoms with E-state index in [-0.39, 0.29) is 11.5 Å². The van der Waals surface area contributed by atoms with E-state index in [2.05, 4.69) is 4.98 Å². The van der Waals surface area contributed by atoms with Gasteiger partial charge in [0.15, 0.2) is 11.6 Å². The van der Waals surface area contributed by atoms with Gasteiger partial charge in [-0.15, -0.1) is 0 Å². The molecule has 6 heteroatoms. The number of nitrogen functional groups attached to an aromatic ring is 1. The van der Waals surface area contributed by atoms with E-state index in [1.54, 1.807) is 0 Å². The summed E-state index contributed by atoms with van der Waals surface area (Å²) >= 11 is 0. The van der Waals surface area contributed by atoms with E-state index in [1.165, 1.54) is 18.3 Å². The fourth-order valence-corrected chi connectivity index (χ4v) is 1.25. The Morgan fingerprint density at radius 1 is 1.19 bits per heavy atom. The van der Waals surface area contributed by atoms with Crippen LogP contribution in [0.15, 0.2) is 35.3 Å². The van der Waals surface area contributed by atoms with Crippen molar-refractivity contribution in [3.63, 3.8) is 0 Å². The third-order valence-electron chi connectivity index (χ3n) is 2.01. The zero-order valence-corrected chi connectivity index (χ0v) is 8.02. The molecule has 16 heavy (non-hydrogen) atoms. The maximum atomic E-state index is 12.9. The fourth-order valence-electron chi connectivity index (χ4n) is 1.25. The molecule has 0 bridgehead atoms. The van der Waals surface area contributed by atoms with E-state index >= 15 is 0 Å². The molecule has 0 saturated heterocycles. The Hall–Kier alpha value is -2.24. The Morgan fingerprint density at radius 2 is 1.94 bits per heavy atom. The average Bonchev–Trinajstić information content (AvgIpc) is 2.22. The molecule has 2 N–H and O–H groups in total. The van der Waals surface area contributed by atoms with Crippen LogP contribution in [-0.2, 0) is 0 Å². The molecule has 1 aromatic carbocycles. The summed E-state index contributed by atoms with van der Waals surface area (Å²) in [5, 5.41) is 0. The number of nitrogens with zero attached hydrogens (tertiary/aromatic N) is 2. The van der Waals surface area contributed by atoms with Gasteiger partial charge in [-0.1, -0.05) is 0 Å². The summed E-state index contributed by atoms with van der Waals surface area (Å²) in [7, 11) is 0. The maximum Gasteiger partial charge on any atom is 0.354 e. The van der Waals surface area contributed by atoms with E-state index in [0.29, 0.717) is 0 Å². The second kappa shape index (κ2) is 3.73. The first-order valence-electron chi connectivity index (χ1n) is 4.38. The lowest BCUT2D eigenvalue weighted by Crippen LogP contribution is -2.21. The van der Waals surface area contributed by atoms with Gasteiger partial charge in [-0.25, -0.2) is 13.6 Å². The molecule has 0 aliphatic rings. The minimum absolute atomic E-state index is 0.0730. The number of aromatic nitrogens is 2. The van der Waals surface area contributed by atoms with E-state index < -0.39 is 17.3 Å². The molecule has 0 spiro atoms. The van der Waals surface area contributed by atoms with Crippen LogP contribution >= 0.6 is 0 Å². The SMILES string of the molecule is Nc1ccn(-c2ccc(F)c(F)c2)c(=O)n1. The molecule has 2 aromatic rings. The molecule has 0 unspecified atom stereocenters. The summed E-state index contributed by atoms with van der Waals surface area (Å²) in [4.78, 5) is 14.9. The van der Waals surface area contributed by atoms with Gasteiger partial charge in [0.05, 0.1) is 5.69 Å². The number of benzene rings is 1. The second-order valence-corrected chi connectivity index (χ2v) is 3.10. The molecule has 0 saturated carbocycles. The van der Waals surface area contributed by atoms with E-state index in [1.807, 2.05) is 0 Å². The summed E-state index contributed by atoms with van der Waals surface area (Å²) in [6, 6.07) is 4.52. The van der Waals surface area contributed by atoms with Crippen LogP contribution < -0.4 is 11.4 Å². The second-order valence-electron chi connectivity index (χ2n) is 3.10. The highest BCUT2D eigenvalue weighted by atomic mass is 19.2. The van der Waals surface area contributed by atoms with Gasteiger partial charge >= 0.3 is 5.69 Å². The highest BCUT2D eigenvalue weighted by Crippen LogP contribution is 2.11. The van der Waals surface area contributed by atoms with Crippen LogP contribution in [0.4, 0.5) is 14.6 Å². The Bertz CT molecular complexity index is 595. The quantitative estimate of drug-likeness (QED) is 0.787. The molecule has 1 aromatic heterocycles. The van der Waals surface area contributed by atoms with Crippen molar-refractivity contribution in [2.24, 2.45) is 0 Å². The van der Waals surface area contributed by atoms with Crippen molar-refractivity contribution >= 4 is 5.82 Å². The third-order valence-corrected chi connectivity index (χ3v) is 2.01. The van der Waals surface area contributed by atoms with Crippen LogP contribution in [0.2, 0.25) is 0 Å². The predicted octanol–water partition coefficient (Wildman–Crippen LogP) is 1.09. The molecule has 1 heterocycles. The number of hydrogen-bond donors (Lipinski definition) is 1. The molecule has 4 nitrogen and oxygen atoms in total. The minimum Gasteiger partial charge on any atom is -0.383 e. The van der Waals surface area contributed by atoms with Crippen LogP contribution in [0.25, 0.3) is 5.69 Å². The highest BCUT2D eigenvalue weighted by molar-refractivity contribution is 5.34. The van der Waals surface area contributed by atoms with Crippen molar-refractivity contribution in [3.8, 4) is 5.69 Å². The van der Waals surface area contributed by atoms with Crippen molar-refractivity contribution in [2.45, 2.75) is 0 Å². The molecular weight excluding hydrogens is 216 g/mol. The maximum absolute atomic E-state index is 12.9. The third kappa shape index (κ3) is 1.77. The normalized spacial score (nSPS) is 10.4. The van der Waals surface area contributed by atoms with Crippen LogP contribution in [0, 0.1) is 11.6 Å². The Balaban J connectivity index is 2.59. The average molecular weight is 223 g/mol. The number of halogens is 2. The lowest BCUT2D eigenvalue weighted by atomic mass is 10.3. The van der Waals surface area contributed by atoms with Crippen molar-refractivity contribution in [1.29, 1.82) is 0 Å². The number of hydrogen-bond acceptors (Lipinski definition) is 3. The first-order valence-corrected chi connectivity index (χ1v) is 4.38. The smallest absolute Gasteiger partial charge is 0.354 e. The first kappa shape index (κ1) is 10.3. The zero-order valence-electron chi connectivity index (χ0n) is 8.02. The molecule has 0 atom stereocenters. The van der Waals surface area contributed by atoms with Gasteiger partial charge in [-0.3, -0.25) is 4.57 Å². The molecule has 0 amide bonds. The summed E-state index contributed by atoms with van der Waals surface area (Å²) in [5.74, 6) is -1.93. The van der Waals surface area contributed by atoms with Crippen molar-refractivity contribution in [2.75, 3.05) is 5.73 Å². The molecule has 82 valence electrons. The highest BCUT2D eigenvalue weighted by Gasteiger charge is 2.05. The molecule has 0 aliphatic heterocycles. The monoisotopic (exact) mass is 223 g/mol. The van der Waals surface area contributed by atoms with Gasteiger partial charge < -0.3 is 5.73 Å². The summed E-state index contributed by atoms with van der Waals surface area (Å²) in [6.07, 6.45) is 1.34. The number of rotatable bonds is 1. The van der Waals surface area contributed by atoms with Crippen molar-refractivity contribution < 1.29 is 8.78 Å². The number of nitrogens with two attached hydrogens (primary N) is 1. The van der Waals surface area contributed by atoms with Gasteiger partial charge in [-0.05, 0) is 18.2 Å². The Morgan fingerprint density at radius 3 is 2.56 bits per heavy atom. The van der Waals surface area contributed by atoms with E-state index in [0.717, 1.165) is 16.7 Å². The van der Waals surface area contributed by atoms with Gasteiger partial charge in [0.2, 0.25) is 0 Å². The van der Waals surface area contributed by atoms with Crippen LogP contribution in [0.5, 0.6) is 0 Å². The van der Waals surface area contributed by atoms with Crippen LogP contribution in [0.1, 0.15) is 0 Å². The predicted molar refractivity (Wildman–Crippen MR) is 54.2 cm³/mol. The van der Waals surface area contributed by atoms with Gasteiger partial charge in [-0.2, -0.15) is 4.98 Å². The fraction of sp³-hybridized carbons (Fsp3) is 0. The minimum atomic E-state index is -1.03. The van der Waals surface area contributed by atoms with Gasteiger partial charge in [0, 0.05) is 12.3 Å². The van der Waals surface area contributed by atoms with Crippen LogP contribution in [0.3, 0.4) is 0 Å². The van der Waals surface area contributed by atoms with Gasteiger partial charge in [0.25, 0.3) is 0 Å². The standard InChI is InChI=1S/C10H7F2N3O/c11-7-2-1-6(5-8(7)12)15-4-3-9(13)14-10(15)16/h1-5H,(H2,13,14,16). The first-order chi connectivity index (χ1) is 7.58. The van der Waals surface area contributed by atoms with Crippen LogP contribution in [-0.4, -0.2) is 9.55 Å². The summed E-state index contributed by atoms with van der Waals surface area (Å²) in [6.45, 7) is 0. The Kier molecular flexibility index (Phi) is 2.40. The van der Waals surface area contributed by atoms with E-state index in [4.69, 9.17) is 5.73 Å². The molecule has 0 radical (unpaired) electrons. The summed E-state index contributed by atoms with van der Waals surface area (Å²) in [5.41, 5.74) is 4.84. The lowest BCUT2D eigenvalue weighted by Gasteiger charge is -2.04. The summed E-state index contributed by atoms with van der Waals surface area (Å²) < 4.78 is 26.7. The van der Waals surface area contributed by atoms with Gasteiger partial charge in [0.1, 0.15) is 5.82 Å². The topological polar surface area (TPSA) is 60.9 Å². The molecule has 0 fully saturated rings. The van der Waals surface area contributed by atoms with E-state index in [9.17, 15) is 13.6 Å². The molecule has 2 rings (SSSR count).